The fraction of sp³-hybridized carbons (Fsp3) is 0.556. The van der Waals surface area contributed by atoms with Crippen molar-refractivity contribution in [3.8, 4) is 11.5 Å². The van der Waals surface area contributed by atoms with Gasteiger partial charge in [0.15, 0.2) is 20.8 Å². The molecular formula is C45H67N7O10S2Si. The van der Waals surface area contributed by atoms with Crippen LogP contribution in [0.15, 0.2) is 85.7 Å². The highest BCUT2D eigenvalue weighted by molar-refractivity contribution is 7.92. The van der Waals surface area contributed by atoms with Crippen molar-refractivity contribution in [2.75, 3.05) is 52.0 Å². The van der Waals surface area contributed by atoms with Crippen LogP contribution in [0.3, 0.4) is 0 Å². The number of hydrogen-bond acceptors (Lipinski definition) is 14. The lowest BCUT2D eigenvalue weighted by molar-refractivity contribution is 0.0498. The Hall–Kier alpha value is -4.44. The van der Waals surface area contributed by atoms with Crippen LogP contribution in [0.25, 0.3) is 0 Å². The van der Waals surface area contributed by atoms with Crippen LogP contribution < -0.4 is 24.4 Å². The second kappa shape index (κ2) is 21.0. The van der Waals surface area contributed by atoms with Crippen LogP contribution in [0.4, 0.5) is 10.5 Å². The van der Waals surface area contributed by atoms with E-state index in [0.29, 0.717) is 41.3 Å². The summed E-state index contributed by atoms with van der Waals surface area (Å²) in [6.07, 6.45) is -0.945. The molecule has 2 aliphatic heterocycles. The summed E-state index contributed by atoms with van der Waals surface area (Å²) in [5.41, 5.74) is 0.717. The molecule has 0 saturated carbocycles. The topological polar surface area (TPSA) is 210 Å². The molecule has 65 heavy (non-hydrogen) atoms. The predicted molar refractivity (Wildman–Crippen MR) is 253 cm³/mol. The molecule has 0 aromatic heterocycles. The van der Waals surface area contributed by atoms with Gasteiger partial charge < -0.3 is 34.0 Å². The van der Waals surface area contributed by atoms with E-state index in [1.807, 2.05) is 45.7 Å². The molecule has 1 saturated heterocycles. The molecule has 3 N–H and O–H groups in total. The highest BCUT2D eigenvalue weighted by Gasteiger charge is 2.42. The number of nitrogens with zero attached hydrogens (tertiary/aromatic N) is 5. The Bertz CT molecular complexity index is 2350. The SMILES string of the molecule is CC[C@H]1CCN(c2ccc(S(=O)(=O)NC[C@@H](CNC(=O)OC(C)(C)C)O[Si](C)(C)C(C)(C)C)c(S(=O)(=O)N(Cc3ccc(OC)cc3)Cc3ccc(OC)cc3)c2C2=NCN=N2)C[C@H]1O. The minimum atomic E-state index is -4.84. The molecule has 0 radical (unpaired) electrons. The Morgan fingerprint density at radius 1 is 0.908 bits per heavy atom. The van der Waals surface area contributed by atoms with Crippen LogP contribution in [0.2, 0.25) is 18.1 Å². The molecule has 2 heterocycles. The van der Waals surface area contributed by atoms with Gasteiger partial charge in [-0.2, -0.15) is 9.42 Å². The van der Waals surface area contributed by atoms with Gasteiger partial charge in [-0.05, 0) is 98.8 Å². The average Bonchev–Trinajstić information content (AvgIpc) is 3.78. The number of aliphatic hydroxyl groups excluding tert-OH is 1. The van der Waals surface area contributed by atoms with Crippen molar-refractivity contribution in [3.63, 3.8) is 0 Å². The third-order valence-electron chi connectivity index (χ3n) is 11.9. The molecule has 1 amide bonds. The zero-order chi connectivity index (χ0) is 48.0. The molecule has 3 aromatic carbocycles. The Balaban J connectivity index is 1.70. The highest BCUT2D eigenvalue weighted by atomic mass is 32.2. The van der Waals surface area contributed by atoms with Crippen molar-refractivity contribution < 1.29 is 45.4 Å². The maximum atomic E-state index is 15.9. The lowest BCUT2D eigenvalue weighted by Gasteiger charge is -2.39. The van der Waals surface area contributed by atoms with E-state index in [1.165, 1.54) is 24.6 Å². The summed E-state index contributed by atoms with van der Waals surface area (Å²) in [6, 6.07) is 16.7. The molecule has 0 bridgehead atoms. The number of rotatable bonds is 19. The number of amidine groups is 1. The number of β-amino-alcohol motifs (C(OH)–C–C–N with tert-alkyl or cyclic N) is 1. The number of anilines is 1. The lowest BCUT2D eigenvalue weighted by atomic mass is 9.91. The van der Waals surface area contributed by atoms with Gasteiger partial charge in [-0.3, -0.25) is 0 Å². The average molecular weight is 958 g/mol. The van der Waals surface area contributed by atoms with Gasteiger partial charge in [0, 0.05) is 45.0 Å². The standard InChI is InChI=1S/C45H67N7O10S2Si/c1-12-33-23-24-51(29-38(33)53)37-21-22-39(63(55,56)49-26-36(62-65(10,11)45(5,6)7)25-46-43(54)61-44(2,3)4)41(40(37)42-47-30-48-50-42)64(57,58)52(27-31-13-17-34(59-8)18-14-31)28-32-15-19-35(60-9)20-16-32/h13-22,33,36,38,49,53H,12,23-30H2,1-11H3,(H,46,54)/t33-,36+,38+/m0/s1. The molecule has 2 aliphatic rings. The van der Waals surface area contributed by atoms with Gasteiger partial charge in [-0.25, -0.2) is 31.3 Å². The lowest BCUT2D eigenvalue weighted by Crippen LogP contribution is -2.51. The van der Waals surface area contributed by atoms with Crippen LogP contribution in [0, 0.1) is 5.92 Å². The number of alkyl carbamates (subject to hydrolysis) is 1. The monoisotopic (exact) mass is 957 g/mol. The number of aliphatic imine (C=N–C) groups is 1. The number of carbonyl (C=O) groups excluding carboxylic acids is 1. The predicted octanol–water partition coefficient (Wildman–Crippen LogP) is 7.06. The van der Waals surface area contributed by atoms with E-state index < -0.39 is 62.1 Å². The van der Waals surface area contributed by atoms with Crippen LogP contribution in [-0.4, -0.2) is 111 Å². The minimum absolute atomic E-state index is 0.0287. The maximum absolute atomic E-state index is 15.9. The molecule has 3 atom stereocenters. The number of sulfonamides is 2. The van der Waals surface area contributed by atoms with Crippen LogP contribution in [-0.2, 0) is 42.3 Å². The Morgan fingerprint density at radius 2 is 1.49 bits per heavy atom. The van der Waals surface area contributed by atoms with E-state index in [-0.39, 0.29) is 61.7 Å². The number of benzene rings is 3. The van der Waals surface area contributed by atoms with Gasteiger partial charge in [0.05, 0.1) is 32.0 Å². The van der Waals surface area contributed by atoms with E-state index in [9.17, 15) is 9.90 Å². The van der Waals surface area contributed by atoms with Gasteiger partial charge >= 0.3 is 6.09 Å². The molecule has 3 aromatic rings. The van der Waals surface area contributed by atoms with Crippen molar-refractivity contribution in [1.29, 1.82) is 0 Å². The number of aliphatic hydroxyl groups is 1. The summed E-state index contributed by atoms with van der Waals surface area (Å²) in [7, 11) is -9.10. The first-order chi connectivity index (χ1) is 30.4. The minimum Gasteiger partial charge on any atom is -0.497 e. The Kier molecular flexibility index (Phi) is 16.7. The summed E-state index contributed by atoms with van der Waals surface area (Å²) in [4.78, 5) is 18.1. The van der Waals surface area contributed by atoms with Crippen molar-refractivity contribution in [1.82, 2.24) is 14.3 Å². The smallest absolute Gasteiger partial charge is 0.407 e. The van der Waals surface area contributed by atoms with E-state index in [2.05, 4.69) is 25.3 Å². The molecule has 358 valence electrons. The third-order valence-corrected chi connectivity index (χ3v) is 19.9. The quantitative estimate of drug-likeness (QED) is 0.104. The van der Waals surface area contributed by atoms with Gasteiger partial charge in [0.2, 0.25) is 20.0 Å². The maximum Gasteiger partial charge on any atom is 0.407 e. The summed E-state index contributed by atoms with van der Waals surface area (Å²) >= 11 is 0. The molecule has 20 heteroatoms. The normalized spacial score (nSPS) is 17.8. The van der Waals surface area contributed by atoms with Gasteiger partial charge in [-0.15, -0.1) is 5.11 Å². The summed E-state index contributed by atoms with van der Waals surface area (Å²) in [6.45, 7) is 17.1. The fourth-order valence-electron chi connectivity index (χ4n) is 7.30. The van der Waals surface area contributed by atoms with E-state index >= 15 is 16.8 Å². The molecule has 5 rings (SSSR count). The molecular weight excluding hydrogens is 891 g/mol. The fourth-order valence-corrected chi connectivity index (χ4v) is 12.1. The summed E-state index contributed by atoms with van der Waals surface area (Å²) < 4.78 is 88.5. The Morgan fingerprint density at radius 3 is 1.97 bits per heavy atom. The number of hydrogen-bond donors (Lipinski definition) is 3. The number of piperidine rings is 1. The zero-order valence-electron chi connectivity index (χ0n) is 39.5. The number of ether oxygens (including phenoxy) is 3. The number of nitrogens with one attached hydrogen (secondary N) is 2. The van der Waals surface area contributed by atoms with E-state index in [0.717, 1.165) is 6.42 Å². The summed E-state index contributed by atoms with van der Waals surface area (Å²) in [5.74, 6) is 1.12. The molecule has 1 fully saturated rings. The zero-order valence-corrected chi connectivity index (χ0v) is 42.2. The first-order valence-electron chi connectivity index (χ1n) is 21.8. The molecule has 0 aliphatic carbocycles. The van der Waals surface area contributed by atoms with Crippen LogP contribution >= 0.6 is 0 Å². The van der Waals surface area contributed by atoms with E-state index in [1.54, 1.807) is 75.4 Å². The van der Waals surface area contributed by atoms with Crippen LogP contribution in [0.5, 0.6) is 11.5 Å². The first-order valence-corrected chi connectivity index (χ1v) is 27.6. The van der Waals surface area contributed by atoms with Crippen LogP contribution in [0.1, 0.15) is 78.0 Å². The first kappa shape index (κ1) is 51.5. The largest absolute Gasteiger partial charge is 0.497 e. The van der Waals surface area contributed by atoms with Gasteiger partial charge in [0.25, 0.3) is 0 Å². The Labute approximate surface area is 386 Å². The summed E-state index contributed by atoms with van der Waals surface area (Å²) in [5, 5.41) is 22.0. The van der Waals surface area contributed by atoms with Crippen molar-refractivity contribution in [2.45, 2.75) is 120 Å². The molecule has 0 unspecified atom stereocenters. The van der Waals surface area contributed by atoms with Crippen molar-refractivity contribution in [3.05, 3.63) is 77.4 Å². The van der Waals surface area contributed by atoms with E-state index in [4.69, 9.17) is 18.6 Å². The third kappa shape index (κ3) is 13.1. The van der Waals surface area contributed by atoms with Crippen molar-refractivity contribution >= 4 is 46.0 Å². The number of azo groups is 1. The van der Waals surface area contributed by atoms with Crippen molar-refractivity contribution in [2.24, 2.45) is 21.1 Å². The number of carbonyl (C=O) groups is 1. The number of methoxy groups -OCH3 is 2. The molecule has 0 spiro atoms. The molecule has 17 nitrogen and oxygen atoms in total. The van der Waals surface area contributed by atoms with Gasteiger partial charge in [-0.1, -0.05) is 58.4 Å². The number of amides is 1. The second-order valence-corrected chi connectivity index (χ2v) is 27.2. The highest BCUT2D eigenvalue weighted by Crippen LogP contribution is 2.40. The second-order valence-electron chi connectivity index (χ2n) is 18.8. The van der Waals surface area contributed by atoms with Gasteiger partial charge in [0.1, 0.15) is 26.9 Å².